The van der Waals surface area contributed by atoms with E-state index < -0.39 is 5.92 Å². The van der Waals surface area contributed by atoms with E-state index in [1.54, 1.807) is 24.3 Å². The molecule has 0 N–H and O–H groups in total. The van der Waals surface area contributed by atoms with Crippen LogP contribution in [-0.4, -0.2) is 53.6 Å². The minimum Gasteiger partial charge on any atom is -0.303 e. The number of hydrogen-bond donors (Lipinski definition) is 0. The summed E-state index contributed by atoms with van der Waals surface area (Å²) in [5.74, 6) is -1.10. The van der Waals surface area contributed by atoms with Gasteiger partial charge in [0.15, 0.2) is 5.78 Å². The third kappa shape index (κ3) is 4.47. The quantitative estimate of drug-likeness (QED) is 0.730. The second-order valence-electron chi connectivity index (χ2n) is 6.82. The number of carbonyl (C=O) groups is 3. The van der Waals surface area contributed by atoms with Gasteiger partial charge in [0, 0.05) is 24.4 Å². The molecule has 2 fully saturated rings. The summed E-state index contributed by atoms with van der Waals surface area (Å²) in [6.45, 7) is 2.69. The summed E-state index contributed by atoms with van der Waals surface area (Å²) < 4.78 is 0. The fourth-order valence-corrected chi connectivity index (χ4v) is 3.65. The van der Waals surface area contributed by atoms with Crippen LogP contribution in [-0.2, 0) is 14.4 Å². The molecular weight excluding hydrogens is 340 g/mol. The van der Waals surface area contributed by atoms with Crippen LogP contribution in [0, 0.1) is 0 Å². The lowest BCUT2D eigenvalue weighted by molar-refractivity contribution is -0.142. The third-order valence-corrected chi connectivity index (χ3v) is 5.26. The largest absolute Gasteiger partial charge is 0.303 e. The van der Waals surface area contributed by atoms with E-state index in [0.29, 0.717) is 11.4 Å². The number of benzene rings is 1. The maximum Gasteiger partial charge on any atom is 0.237 e. The molecule has 1 atom stereocenters. The highest BCUT2D eigenvalue weighted by Gasteiger charge is 2.40. The number of rotatable bonds is 6. The van der Waals surface area contributed by atoms with Crippen LogP contribution in [0.1, 0.15) is 43.6 Å². The third-order valence-electron chi connectivity index (χ3n) is 5.01. The summed E-state index contributed by atoms with van der Waals surface area (Å²) in [5.41, 5.74) is 0.769. The van der Waals surface area contributed by atoms with Crippen molar-refractivity contribution in [2.24, 2.45) is 0 Å². The van der Waals surface area contributed by atoms with E-state index in [-0.39, 0.29) is 30.6 Å². The average molecular weight is 363 g/mol. The van der Waals surface area contributed by atoms with Crippen molar-refractivity contribution >= 4 is 29.2 Å². The second-order valence-corrected chi connectivity index (χ2v) is 7.25. The minimum atomic E-state index is -0.500. The van der Waals surface area contributed by atoms with Crippen molar-refractivity contribution in [2.45, 2.75) is 38.0 Å². The topological polar surface area (TPSA) is 57.7 Å². The SMILES string of the molecule is O=C(CCN1CCCCC1)CN1C(=O)CC(c2ccc(Cl)cc2)C1=O. The van der Waals surface area contributed by atoms with E-state index in [0.717, 1.165) is 30.1 Å². The van der Waals surface area contributed by atoms with Gasteiger partial charge in [-0.15, -0.1) is 0 Å². The highest BCUT2D eigenvalue weighted by molar-refractivity contribution is 6.30. The maximum atomic E-state index is 12.6. The molecule has 2 saturated heterocycles. The maximum absolute atomic E-state index is 12.6. The van der Waals surface area contributed by atoms with Crippen molar-refractivity contribution in [1.29, 1.82) is 0 Å². The molecule has 5 nitrogen and oxygen atoms in total. The molecule has 0 aliphatic carbocycles. The summed E-state index contributed by atoms with van der Waals surface area (Å²) in [7, 11) is 0. The van der Waals surface area contributed by atoms with Crippen LogP contribution in [0.2, 0.25) is 5.02 Å². The number of hydrogen-bond acceptors (Lipinski definition) is 4. The molecule has 0 spiro atoms. The lowest BCUT2D eigenvalue weighted by Gasteiger charge is -2.26. The van der Waals surface area contributed by atoms with Crippen LogP contribution < -0.4 is 0 Å². The normalized spacial score (nSPS) is 21.8. The molecule has 3 rings (SSSR count). The zero-order chi connectivity index (χ0) is 17.8. The zero-order valence-electron chi connectivity index (χ0n) is 14.2. The molecule has 6 heteroatoms. The Morgan fingerprint density at radius 3 is 2.44 bits per heavy atom. The summed E-state index contributed by atoms with van der Waals surface area (Å²) in [4.78, 5) is 40.4. The molecule has 1 aromatic carbocycles. The van der Waals surface area contributed by atoms with Crippen LogP contribution in [0.25, 0.3) is 0 Å². The fraction of sp³-hybridized carbons (Fsp3) is 0.526. The Bertz CT molecular complexity index is 653. The van der Waals surface area contributed by atoms with Gasteiger partial charge in [-0.05, 0) is 43.6 Å². The van der Waals surface area contributed by atoms with Crippen molar-refractivity contribution in [1.82, 2.24) is 9.80 Å². The number of amides is 2. The van der Waals surface area contributed by atoms with Gasteiger partial charge in [0.05, 0.1) is 12.5 Å². The molecule has 1 unspecified atom stereocenters. The number of ketones is 1. The van der Waals surface area contributed by atoms with Gasteiger partial charge in [-0.3, -0.25) is 19.3 Å². The molecule has 25 heavy (non-hydrogen) atoms. The summed E-state index contributed by atoms with van der Waals surface area (Å²) in [6, 6.07) is 6.95. The lowest BCUT2D eigenvalue weighted by Crippen LogP contribution is -2.37. The van der Waals surface area contributed by atoms with E-state index >= 15 is 0 Å². The summed E-state index contributed by atoms with van der Waals surface area (Å²) >= 11 is 5.87. The molecule has 2 heterocycles. The van der Waals surface area contributed by atoms with Crippen LogP contribution >= 0.6 is 11.6 Å². The second kappa shape index (κ2) is 8.11. The predicted molar refractivity (Wildman–Crippen MR) is 95.4 cm³/mol. The Balaban J connectivity index is 1.55. The highest BCUT2D eigenvalue weighted by Crippen LogP contribution is 2.30. The number of imide groups is 1. The van der Waals surface area contributed by atoms with Crippen molar-refractivity contribution in [2.75, 3.05) is 26.2 Å². The Kier molecular flexibility index (Phi) is 5.86. The molecule has 0 aromatic heterocycles. The first-order valence-electron chi connectivity index (χ1n) is 8.88. The number of Topliss-reactive ketones (excluding diaryl/α,β-unsaturated/α-hetero) is 1. The van der Waals surface area contributed by atoms with Gasteiger partial charge < -0.3 is 4.90 Å². The molecule has 1 aromatic rings. The number of halogens is 1. The van der Waals surface area contributed by atoms with Crippen LogP contribution in [0.4, 0.5) is 0 Å². The monoisotopic (exact) mass is 362 g/mol. The van der Waals surface area contributed by atoms with Gasteiger partial charge >= 0.3 is 0 Å². The van der Waals surface area contributed by atoms with Crippen molar-refractivity contribution in [3.63, 3.8) is 0 Å². The first kappa shape index (κ1) is 18.1. The summed E-state index contributed by atoms with van der Waals surface area (Å²) in [6.07, 6.45) is 4.13. The molecular formula is C19H23ClN2O3. The fourth-order valence-electron chi connectivity index (χ4n) is 3.53. The molecule has 0 bridgehead atoms. The Morgan fingerprint density at radius 1 is 1.08 bits per heavy atom. The van der Waals surface area contributed by atoms with Gasteiger partial charge in [-0.1, -0.05) is 30.2 Å². The smallest absolute Gasteiger partial charge is 0.237 e. The van der Waals surface area contributed by atoms with E-state index in [1.165, 1.54) is 19.3 Å². The number of piperidine rings is 1. The first-order chi connectivity index (χ1) is 12.0. The molecule has 134 valence electrons. The standard InChI is InChI=1S/C19H23ClN2O3/c20-15-6-4-14(5-7-15)17-12-18(24)22(19(17)25)13-16(23)8-11-21-9-2-1-3-10-21/h4-7,17H,1-3,8-13H2. The predicted octanol–water partition coefficient (Wildman–Crippen LogP) is 2.63. The Hall–Kier alpha value is -1.72. The van der Waals surface area contributed by atoms with E-state index in [1.807, 2.05) is 0 Å². The minimum absolute atomic E-state index is 0.0518. The number of likely N-dealkylation sites (tertiary alicyclic amines) is 2. The van der Waals surface area contributed by atoms with Crippen LogP contribution in [0.15, 0.2) is 24.3 Å². The zero-order valence-corrected chi connectivity index (χ0v) is 15.0. The van der Waals surface area contributed by atoms with E-state index in [4.69, 9.17) is 11.6 Å². The molecule has 2 aliphatic rings. The van der Waals surface area contributed by atoms with Gasteiger partial charge in [-0.2, -0.15) is 0 Å². The highest BCUT2D eigenvalue weighted by atomic mass is 35.5. The first-order valence-corrected chi connectivity index (χ1v) is 9.26. The van der Waals surface area contributed by atoms with Gasteiger partial charge in [0.2, 0.25) is 11.8 Å². The van der Waals surface area contributed by atoms with Gasteiger partial charge in [-0.25, -0.2) is 0 Å². The van der Waals surface area contributed by atoms with Crippen molar-refractivity contribution < 1.29 is 14.4 Å². The van der Waals surface area contributed by atoms with E-state index in [9.17, 15) is 14.4 Å². The molecule has 2 aliphatic heterocycles. The number of carbonyl (C=O) groups excluding carboxylic acids is 3. The Morgan fingerprint density at radius 2 is 1.76 bits per heavy atom. The Labute approximate surface area is 152 Å². The molecule has 0 saturated carbocycles. The van der Waals surface area contributed by atoms with Crippen molar-refractivity contribution in [3.8, 4) is 0 Å². The van der Waals surface area contributed by atoms with Crippen LogP contribution in [0.3, 0.4) is 0 Å². The van der Waals surface area contributed by atoms with Crippen LogP contribution in [0.5, 0.6) is 0 Å². The lowest BCUT2D eigenvalue weighted by atomic mass is 9.98. The molecule has 0 radical (unpaired) electrons. The van der Waals surface area contributed by atoms with Crippen molar-refractivity contribution in [3.05, 3.63) is 34.9 Å². The number of nitrogens with zero attached hydrogens (tertiary/aromatic N) is 2. The molecule has 2 amide bonds. The van der Waals surface area contributed by atoms with E-state index in [2.05, 4.69) is 4.90 Å². The van der Waals surface area contributed by atoms with Gasteiger partial charge in [0.25, 0.3) is 0 Å². The summed E-state index contributed by atoms with van der Waals surface area (Å²) in [5, 5.41) is 0.588. The van der Waals surface area contributed by atoms with Gasteiger partial charge in [0.1, 0.15) is 0 Å². The average Bonchev–Trinajstić information content (AvgIpc) is 2.90.